The Kier molecular flexibility index (Phi) is 0.762. The van der Waals surface area contributed by atoms with E-state index in [-0.39, 0.29) is 5.60 Å². The third-order valence-electron chi connectivity index (χ3n) is 2.26. The van der Waals surface area contributed by atoms with E-state index in [1.165, 1.54) is 25.7 Å². The molecule has 0 amide bonds. The first-order valence-electron chi connectivity index (χ1n) is 3.32. The van der Waals surface area contributed by atoms with Crippen LogP contribution in [0, 0.1) is 6.92 Å². The first-order chi connectivity index (χ1) is 3.79. The molecule has 0 unspecified atom stereocenters. The maximum atomic E-state index is 5.55. The number of hydrogen-bond acceptors (Lipinski definition) is 1. The molecule has 0 aromatic heterocycles. The molecule has 0 aromatic rings. The summed E-state index contributed by atoms with van der Waals surface area (Å²) in [5, 5.41) is 0. The molecule has 0 aromatic carbocycles. The maximum absolute atomic E-state index is 5.55. The molecule has 2 aliphatic heterocycles. The molecule has 2 aliphatic rings. The van der Waals surface area contributed by atoms with Gasteiger partial charge in [-0.15, -0.1) is 0 Å². The minimum Gasteiger partial charge on any atom is -0.372 e. The number of rotatable bonds is 0. The standard InChI is InChI=1S/C7H11O/c1-7-4-2-6(8-7)3-5-7/h6H,1-5H2. The second kappa shape index (κ2) is 1.27. The van der Waals surface area contributed by atoms with E-state index in [1.54, 1.807) is 0 Å². The van der Waals surface area contributed by atoms with Crippen LogP contribution in [0.2, 0.25) is 0 Å². The van der Waals surface area contributed by atoms with Crippen LogP contribution >= 0.6 is 0 Å². The van der Waals surface area contributed by atoms with Gasteiger partial charge >= 0.3 is 0 Å². The van der Waals surface area contributed by atoms with Crippen LogP contribution in [0.15, 0.2) is 0 Å². The lowest BCUT2D eigenvalue weighted by Gasteiger charge is -2.16. The summed E-state index contributed by atoms with van der Waals surface area (Å²) in [4.78, 5) is 0. The Labute approximate surface area is 50.0 Å². The van der Waals surface area contributed by atoms with Crippen molar-refractivity contribution in [3.05, 3.63) is 6.92 Å². The van der Waals surface area contributed by atoms with Crippen molar-refractivity contribution in [2.45, 2.75) is 37.4 Å². The van der Waals surface area contributed by atoms with Gasteiger partial charge < -0.3 is 4.74 Å². The molecule has 1 heteroatoms. The molecule has 1 radical (unpaired) electrons. The first kappa shape index (κ1) is 4.80. The van der Waals surface area contributed by atoms with Gasteiger partial charge in [-0.1, -0.05) is 0 Å². The Morgan fingerprint density at radius 3 is 2.12 bits per heavy atom. The lowest BCUT2D eigenvalue weighted by Crippen LogP contribution is -2.18. The van der Waals surface area contributed by atoms with Crippen LogP contribution in [-0.4, -0.2) is 11.7 Å². The van der Waals surface area contributed by atoms with Crippen molar-refractivity contribution in [3.63, 3.8) is 0 Å². The zero-order chi connectivity index (χ0) is 5.61. The van der Waals surface area contributed by atoms with Gasteiger partial charge in [-0.05, 0) is 32.6 Å². The van der Waals surface area contributed by atoms with Crippen molar-refractivity contribution in [1.29, 1.82) is 0 Å². The largest absolute Gasteiger partial charge is 0.372 e. The summed E-state index contributed by atoms with van der Waals surface area (Å²) < 4.78 is 5.55. The summed E-state index contributed by atoms with van der Waals surface area (Å²) in [6.45, 7) is 4.01. The van der Waals surface area contributed by atoms with E-state index in [2.05, 4.69) is 6.92 Å². The minimum absolute atomic E-state index is 0.0602. The third kappa shape index (κ3) is 0.510. The fourth-order valence-corrected chi connectivity index (χ4v) is 1.71. The summed E-state index contributed by atoms with van der Waals surface area (Å²) in [5.74, 6) is 0. The van der Waals surface area contributed by atoms with Crippen LogP contribution < -0.4 is 0 Å². The predicted octanol–water partition coefficient (Wildman–Crippen LogP) is 1.53. The van der Waals surface area contributed by atoms with Crippen LogP contribution in [0.5, 0.6) is 0 Å². The van der Waals surface area contributed by atoms with E-state index in [9.17, 15) is 0 Å². The Hall–Kier alpha value is -0.0400. The van der Waals surface area contributed by atoms with E-state index < -0.39 is 0 Å². The van der Waals surface area contributed by atoms with Gasteiger partial charge in [0.1, 0.15) is 0 Å². The smallest absolute Gasteiger partial charge is 0.0689 e. The zero-order valence-electron chi connectivity index (χ0n) is 5.02. The van der Waals surface area contributed by atoms with Crippen molar-refractivity contribution in [2.75, 3.05) is 0 Å². The third-order valence-corrected chi connectivity index (χ3v) is 2.26. The molecule has 2 bridgehead atoms. The molecule has 0 N–H and O–H groups in total. The lowest BCUT2D eigenvalue weighted by atomic mass is 9.91. The van der Waals surface area contributed by atoms with E-state index in [4.69, 9.17) is 4.74 Å². The molecular formula is C7H11O. The second-order valence-electron chi connectivity index (χ2n) is 3.00. The van der Waals surface area contributed by atoms with Gasteiger partial charge in [0.05, 0.1) is 11.7 Å². The molecule has 2 fully saturated rings. The van der Waals surface area contributed by atoms with Gasteiger partial charge in [0.15, 0.2) is 0 Å². The Balaban J connectivity index is 2.19. The van der Waals surface area contributed by atoms with Crippen LogP contribution in [0.1, 0.15) is 25.7 Å². The summed E-state index contributed by atoms with van der Waals surface area (Å²) in [6, 6.07) is 0. The fourth-order valence-electron chi connectivity index (χ4n) is 1.71. The van der Waals surface area contributed by atoms with E-state index >= 15 is 0 Å². The molecule has 0 spiro atoms. The fraction of sp³-hybridized carbons (Fsp3) is 0.857. The highest BCUT2D eigenvalue weighted by molar-refractivity contribution is 4.97. The molecule has 2 heterocycles. The van der Waals surface area contributed by atoms with Crippen LogP contribution in [0.4, 0.5) is 0 Å². The Morgan fingerprint density at radius 2 is 2.00 bits per heavy atom. The van der Waals surface area contributed by atoms with Gasteiger partial charge in [-0.25, -0.2) is 0 Å². The maximum Gasteiger partial charge on any atom is 0.0689 e. The molecule has 45 valence electrons. The second-order valence-corrected chi connectivity index (χ2v) is 3.00. The molecular weight excluding hydrogens is 100 g/mol. The molecule has 0 aliphatic carbocycles. The van der Waals surface area contributed by atoms with Gasteiger partial charge in [0.2, 0.25) is 0 Å². The molecule has 0 saturated carbocycles. The topological polar surface area (TPSA) is 9.23 Å². The summed E-state index contributed by atoms with van der Waals surface area (Å²) in [5.41, 5.74) is 0.0602. The van der Waals surface area contributed by atoms with Crippen molar-refractivity contribution >= 4 is 0 Å². The van der Waals surface area contributed by atoms with Crippen LogP contribution in [0.3, 0.4) is 0 Å². The van der Waals surface area contributed by atoms with E-state index in [1.807, 2.05) is 0 Å². The monoisotopic (exact) mass is 111 g/mol. The lowest BCUT2D eigenvalue weighted by molar-refractivity contribution is 0.0483. The van der Waals surface area contributed by atoms with Gasteiger partial charge in [-0.2, -0.15) is 0 Å². The Morgan fingerprint density at radius 1 is 1.38 bits per heavy atom. The highest BCUT2D eigenvalue weighted by Crippen LogP contribution is 2.42. The molecule has 2 saturated heterocycles. The first-order valence-corrected chi connectivity index (χ1v) is 3.32. The normalized spacial score (nSPS) is 52.9. The van der Waals surface area contributed by atoms with Crippen LogP contribution in [-0.2, 0) is 4.74 Å². The average molecular weight is 111 g/mol. The van der Waals surface area contributed by atoms with Crippen LogP contribution in [0.25, 0.3) is 0 Å². The highest BCUT2D eigenvalue weighted by atomic mass is 16.5. The molecule has 2 rings (SSSR count). The predicted molar refractivity (Wildman–Crippen MR) is 31.4 cm³/mol. The Bertz CT molecular complexity index is 101. The molecule has 8 heavy (non-hydrogen) atoms. The van der Waals surface area contributed by atoms with Crippen molar-refractivity contribution < 1.29 is 4.74 Å². The zero-order valence-corrected chi connectivity index (χ0v) is 5.02. The average Bonchev–Trinajstić information content (AvgIpc) is 2.21. The molecule has 1 nitrogen and oxygen atoms in total. The number of hydrogen-bond donors (Lipinski definition) is 0. The van der Waals surface area contributed by atoms with Gasteiger partial charge in [0, 0.05) is 0 Å². The quantitative estimate of drug-likeness (QED) is 0.460. The summed E-state index contributed by atoms with van der Waals surface area (Å²) >= 11 is 0. The molecule has 0 atom stereocenters. The minimum atomic E-state index is 0.0602. The summed E-state index contributed by atoms with van der Waals surface area (Å²) in [7, 11) is 0. The highest BCUT2D eigenvalue weighted by Gasteiger charge is 2.42. The number of ether oxygens (including phenoxy) is 1. The van der Waals surface area contributed by atoms with Gasteiger partial charge in [-0.3, -0.25) is 0 Å². The van der Waals surface area contributed by atoms with Crippen molar-refractivity contribution in [3.8, 4) is 0 Å². The van der Waals surface area contributed by atoms with Gasteiger partial charge in [0.25, 0.3) is 0 Å². The van der Waals surface area contributed by atoms with Crippen molar-refractivity contribution in [1.82, 2.24) is 0 Å². The van der Waals surface area contributed by atoms with E-state index in [0.29, 0.717) is 6.10 Å². The SMILES string of the molecule is [CH2]C12CCC(CC1)O2. The number of fused-ring (bicyclic) bond motifs is 2. The van der Waals surface area contributed by atoms with Crippen molar-refractivity contribution in [2.24, 2.45) is 0 Å². The van der Waals surface area contributed by atoms with E-state index in [0.717, 1.165) is 0 Å². The summed E-state index contributed by atoms with van der Waals surface area (Å²) in [6.07, 6.45) is 5.47.